The van der Waals surface area contributed by atoms with Crippen molar-refractivity contribution in [1.82, 2.24) is 10.2 Å². The Morgan fingerprint density at radius 3 is 2.05 bits per heavy atom. The van der Waals surface area contributed by atoms with Crippen LogP contribution in [0.5, 0.6) is 0 Å². The Kier molecular flexibility index (Phi) is 10.3. The van der Waals surface area contributed by atoms with Gasteiger partial charge in [0.2, 0.25) is 0 Å². The van der Waals surface area contributed by atoms with Crippen LogP contribution in [0.4, 0.5) is 0 Å². The molecule has 12 heteroatoms. The van der Waals surface area contributed by atoms with Gasteiger partial charge < -0.3 is 40.5 Å². The second-order valence-corrected chi connectivity index (χ2v) is 13.1. The van der Waals surface area contributed by atoms with Crippen LogP contribution in [0.1, 0.15) is 96.3 Å². The molecule has 1 saturated carbocycles. The first-order chi connectivity index (χ1) is 18.1. The van der Waals surface area contributed by atoms with Crippen LogP contribution in [-0.2, 0) is 13.8 Å². The standard InChI is InChI=1S/C26H48N3O8P/c27-23-25-13-11-9-7-5-3-1-2-4-6-8-10-12-14-26(18-25,24(32)28-23)29(16-15-25)22-21(31)20(30)19(37-22)17-36-38(33,34)35/h15-16,19-24,28,30-32H,1-14,17-18,27H2,(H2,33,34,35). The summed E-state index contributed by atoms with van der Waals surface area (Å²) in [6.45, 7) is -0.570. The number of phosphoric ester groups is 1. The number of hydrogen-bond acceptors (Lipinski definition) is 9. The zero-order valence-electron chi connectivity index (χ0n) is 22.4. The van der Waals surface area contributed by atoms with E-state index >= 15 is 0 Å². The summed E-state index contributed by atoms with van der Waals surface area (Å²) in [5, 5.41) is 36.3. The lowest BCUT2D eigenvalue weighted by atomic mass is 9.63. The summed E-state index contributed by atoms with van der Waals surface area (Å²) in [6.07, 6.45) is 13.7. The number of aliphatic hydroxyl groups is 3. The predicted molar refractivity (Wildman–Crippen MR) is 141 cm³/mol. The summed E-state index contributed by atoms with van der Waals surface area (Å²) in [7, 11) is -4.78. The second-order valence-electron chi connectivity index (χ2n) is 11.9. The largest absolute Gasteiger partial charge is 0.469 e. The van der Waals surface area contributed by atoms with Gasteiger partial charge in [-0.05, 0) is 25.5 Å². The van der Waals surface area contributed by atoms with E-state index in [9.17, 15) is 19.9 Å². The fraction of sp³-hybridized carbons (Fsp3) is 0.923. The molecule has 0 radical (unpaired) electrons. The molecule has 0 aromatic rings. The second kappa shape index (κ2) is 12.9. The zero-order valence-corrected chi connectivity index (χ0v) is 23.3. The van der Waals surface area contributed by atoms with Gasteiger partial charge in [0, 0.05) is 5.41 Å². The number of hydrogen-bond donors (Lipinski definition) is 7. The Labute approximate surface area is 226 Å². The van der Waals surface area contributed by atoms with Crippen LogP contribution >= 0.6 is 7.82 Å². The van der Waals surface area contributed by atoms with Crippen molar-refractivity contribution in [1.29, 1.82) is 0 Å². The number of nitrogens with two attached hydrogens (primary N) is 1. The van der Waals surface area contributed by atoms with Crippen molar-refractivity contribution in [2.24, 2.45) is 11.1 Å². The highest BCUT2D eigenvalue weighted by molar-refractivity contribution is 7.46. The molecular weight excluding hydrogens is 513 g/mol. The fourth-order valence-corrected chi connectivity index (χ4v) is 7.32. The maximum atomic E-state index is 11.5. The Morgan fingerprint density at radius 2 is 1.47 bits per heavy atom. The predicted octanol–water partition coefficient (Wildman–Crippen LogP) is 2.17. The molecule has 0 spiro atoms. The Bertz CT molecular complexity index is 845. The average molecular weight is 562 g/mol. The highest BCUT2D eigenvalue weighted by Gasteiger charge is 2.60. The van der Waals surface area contributed by atoms with Crippen molar-refractivity contribution in [3.05, 3.63) is 12.3 Å². The smallest absolute Gasteiger partial charge is 0.387 e. The molecule has 11 nitrogen and oxygen atoms in total. The number of nitrogens with one attached hydrogen (secondary N) is 1. The third-order valence-corrected chi connectivity index (χ3v) is 9.69. The molecule has 0 amide bonds. The molecule has 2 bridgehead atoms. The molecule has 220 valence electrons. The zero-order chi connectivity index (χ0) is 27.4. The van der Waals surface area contributed by atoms with Crippen molar-refractivity contribution in [3.63, 3.8) is 0 Å². The molecule has 38 heavy (non-hydrogen) atoms. The van der Waals surface area contributed by atoms with E-state index in [1.165, 1.54) is 44.9 Å². The molecular formula is C26H48N3O8P. The molecule has 4 aliphatic rings. The topological polar surface area (TPSA) is 178 Å². The van der Waals surface area contributed by atoms with Gasteiger partial charge in [-0.25, -0.2) is 4.57 Å². The average Bonchev–Trinajstić information content (AvgIpc) is 3.14. The van der Waals surface area contributed by atoms with Gasteiger partial charge in [-0.15, -0.1) is 0 Å². The number of piperidine rings is 1. The van der Waals surface area contributed by atoms with Gasteiger partial charge >= 0.3 is 7.82 Å². The number of rotatable bonds is 4. The van der Waals surface area contributed by atoms with Gasteiger partial charge in [0.1, 0.15) is 24.5 Å². The molecule has 0 aromatic carbocycles. The van der Waals surface area contributed by atoms with E-state index in [1.807, 2.05) is 11.1 Å². The molecule has 3 heterocycles. The van der Waals surface area contributed by atoms with Crippen molar-refractivity contribution < 1.29 is 38.9 Å². The monoisotopic (exact) mass is 561 g/mol. The minimum absolute atomic E-state index is 0.366. The summed E-state index contributed by atoms with van der Waals surface area (Å²) in [6, 6.07) is 0. The summed E-state index contributed by atoms with van der Waals surface area (Å²) in [5.41, 5.74) is 5.42. The van der Waals surface area contributed by atoms with E-state index in [0.29, 0.717) is 12.8 Å². The molecule has 8 atom stereocenters. The van der Waals surface area contributed by atoms with E-state index in [0.717, 1.165) is 38.5 Å². The van der Waals surface area contributed by atoms with Crippen molar-refractivity contribution in [2.45, 2.75) is 139 Å². The van der Waals surface area contributed by atoms with E-state index in [1.54, 1.807) is 0 Å². The van der Waals surface area contributed by atoms with Gasteiger partial charge in [-0.1, -0.05) is 83.1 Å². The molecule has 8 N–H and O–H groups in total. The van der Waals surface area contributed by atoms with Crippen LogP contribution in [-0.4, -0.2) is 79.1 Å². The lowest BCUT2D eigenvalue weighted by Crippen LogP contribution is -2.75. The minimum atomic E-state index is -4.78. The molecule has 1 aliphatic carbocycles. The van der Waals surface area contributed by atoms with Gasteiger partial charge in [0.25, 0.3) is 0 Å². The van der Waals surface area contributed by atoms with Crippen LogP contribution in [0.3, 0.4) is 0 Å². The summed E-state index contributed by atoms with van der Waals surface area (Å²) in [5.74, 6) is 0. The highest BCUT2D eigenvalue weighted by atomic mass is 31.2. The van der Waals surface area contributed by atoms with Crippen molar-refractivity contribution >= 4 is 7.82 Å². The SMILES string of the molecule is NC1NC(O)C23CCCCCCCCCCCCCCC1(C=CN2C1OC(COP(=O)(O)O)C(O)C1O)C3. The quantitative estimate of drug-likeness (QED) is 0.250. The number of phosphoric acid groups is 1. The first-order valence-electron chi connectivity index (χ1n) is 14.5. The lowest BCUT2D eigenvalue weighted by Gasteiger charge is -2.61. The van der Waals surface area contributed by atoms with E-state index in [2.05, 4.69) is 15.9 Å². The third kappa shape index (κ3) is 6.82. The van der Waals surface area contributed by atoms with Gasteiger partial charge in [-0.2, -0.15) is 0 Å². The van der Waals surface area contributed by atoms with Crippen LogP contribution in [0, 0.1) is 5.41 Å². The first-order valence-corrected chi connectivity index (χ1v) is 16.0. The lowest BCUT2D eigenvalue weighted by molar-refractivity contribution is -0.186. The highest BCUT2D eigenvalue weighted by Crippen LogP contribution is 2.52. The Morgan fingerprint density at radius 1 is 0.921 bits per heavy atom. The first kappa shape index (κ1) is 30.4. The Balaban J connectivity index is 1.59. The normalized spacial score (nSPS) is 42.1. The molecule has 3 aliphatic heterocycles. The van der Waals surface area contributed by atoms with Crippen LogP contribution < -0.4 is 11.1 Å². The maximum absolute atomic E-state index is 11.5. The summed E-state index contributed by atoms with van der Waals surface area (Å²) >= 11 is 0. The maximum Gasteiger partial charge on any atom is 0.469 e. The number of nitrogens with zero attached hydrogens (tertiary/aromatic N) is 1. The molecule has 8 unspecified atom stereocenters. The minimum Gasteiger partial charge on any atom is -0.387 e. The van der Waals surface area contributed by atoms with E-state index in [4.69, 9.17) is 20.3 Å². The third-order valence-electron chi connectivity index (χ3n) is 9.20. The van der Waals surface area contributed by atoms with Gasteiger partial charge in [0.05, 0.1) is 18.3 Å². The fourth-order valence-electron chi connectivity index (χ4n) is 6.98. The summed E-state index contributed by atoms with van der Waals surface area (Å²) in [4.78, 5) is 20.0. The molecule has 0 aromatic heterocycles. The van der Waals surface area contributed by atoms with E-state index < -0.39 is 56.9 Å². The van der Waals surface area contributed by atoms with E-state index in [-0.39, 0.29) is 5.41 Å². The molecule has 4 rings (SSSR count). The van der Waals surface area contributed by atoms with Crippen LogP contribution in [0.25, 0.3) is 0 Å². The van der Waals surface area contributed by atoms with Crippen LogP contribution in [0.2, 0.25) is 0 Å². The molecule has 3 fully saturated rings. The summed E-state index contributed by atoms with van der Waals surface area (Å²) < 4.78 is 21.7. The molecule has 2 saturated heterocycles. The Hall–Kier alpha value is -0.590. The van der Waals surface area contributed by atoms with Crippen molar-refractivity contribution in [3.8, 4) is 0 Å². The number of ether oxygens (including phenoxy) is 1. The van der Waals surface area contributed by atoms with Gasteiger partial charge in [-0.3, -0.25) is 9.84 Å². The van der Waals surface area contributed by atoms with Crippen molar-refractivity contribution in [2.75, 3.05) is 6.61 Å². The number of aliphatic hydroxyl groups excluding tert-OH is 3. The van der Waals surface area contributed by atoms with Gasteiger partial charge in [0.15, 0.2) is 6.23 Å². The van der Waals surface area contributed by atoms with Crippen LogP contribution in [0.15, 0.2) is 12.3 Å².